The lowest BCUT2D eigenvalue weighted by molar-refractivity contribution is 0.0690. The second kappa shape index (κ2) is 6.09. The van der Waals surface area contributed by atoms with E-state index in [0.717, 1.165) is 29.8 Å². The number of hydrogen-bond acceptors (Lipinski definition) is 5. The highest BCUT2D eigenvalue weighted by atomic mass is 35.5. The zero-order chi connectivity index (χ0) is 17.0. The molecule has 132 valence electrons. The summed E-state index contributed by atoms with van der Waals surface area (Å²) in [7, 11) is 2.02. The summed E-state index contributed by atoms with van der Waals surface area (Å²) in [5.74, 6) is -1.98. The average molecular weight is 365 g/mol. The van der Waals surface area contributed by atoms with Crippen molar-refractivity contribution in [2.75, 3.05) is 18.5 Å². The summed E-state index contributed by atoms with van der Waals surface area (Å²) < 4.78 is 5.67. The largest absolute Gasteiger partial charge is 0.506 e. The number of pyridine rings is 1. The first kappa shape index (κ1) is 17.3. The fourth-order valence-corrected chi connectivity index (χ4v) is 3.57. The van der Waals surface area contributed by atoms with Crippen molar-refractivity contribution in [3.63, 3.8) is 0 Å². The Morgan fingerprint density at radius 2 is 1.96 bits per heavy atom. The number of nitrogens with zero attached hydrogens (tertiary/aromatic N) is 1. The Kier molecular flexibility index (Phi) is 4.22. The van der Waals surface area contributed by atoms with Crippen LogP contribution in [0.1, 0.15) is 27.0 Å². The number of aromatic hydroxyl groups is 1. The number of aromatic amines is 1. The molecule has 0 bridgehead atoms. The molecule has 0 radical (unpaired) electrons. The van der Waals surface area contributed by atoms with E-state index in [9.17, 15) is 14.7 Å². The first-order chi connectivity index (χ1) is 11.5. The van der Waals surface area contributed by atoms with Crippen LogP contribution in [0.5, 0.6) is 5.75 Å². The maximum atomic E-state index is 12.1. The molecule has 1 aromatic heterocycles. The van der Waals surface area contributed by atoms with Gasteiger partial charge in [0.1, 0.15) is 5.75 Å². The lowest BCUT2D eigenvalue weighted by Gasteiger charge is -2.16. The van der Waals surface area contributed by atoms with Crippen LogP contribution in [0.25, 0.3) is 11.3 Å². The van der Waals surface area contributed by atoms with E-state index in [1.807, 2.05) is 19.2 Å². The molecule has 25 heavy (non-hydrogen) atoms. The molecule has 0 saturated carbocycles. The van der Waals surface area contributed by atoms with Gasteiger partial charge in [-0.3, -0.25) is 4.79 Å². The molecule has 2 aromatic rings. The number of ether oxygens (including phenoxy) is 1. The number of anilines is 1. The van der Waals surface area contributed by atoms with Crippen LogP contribution in [0, 0.1) is 0 Å². The van der Waals surface area contributed by atoms with Gasteiger partial charge in [-0.2, -0.15) is 0 Å². The van der Waals surface area contributed by atoms with Crippen LogP contribution in [0.3, 0.4) is 0 Å². The third-order valence-electron chi connectivity index (χ3n) is 4.78. The summed E-state index contributed by atoms with van der Waals surface area (Å²) in [5, 5.41) is 19.4. The quantitative estimate of drug-likeness (QED) is 0.714. The zero-order valence-electron chi connectivity index (χ0n) is 13.5. The van der Waals surface area contributed by atoms with Gasteiger partial charge in [0, 0.05) is 30.4 Å². The maximum absolute atomic E-state index is 12.1. The minimum absolute atomic E-state index is 0. The number of carboxylic acids is 1. The van der Waals surface area contributed by atoms with Gasteiger partial charge in [-0.1, -0.05) is 6.07 Å². The van der Waals surface area contributed by atoms with Crippen LogP contribution < -0.4 is 10.5 Å². The molecular weight excluding hydrogens is 348 g/mol. The summed E-state index contributed by atoms with van der Waals surface area (Å²) in [4.78, 5) is 28.1. The molecule has 0 unspecified atom stereocenters. The Bertz CT molecular complexity index is 938. The molecule has 0 saturated heterocycles. The van der Waals surface area contributed by atoms with Crippen molar-refractivity contribution in [1.82, 2.24) is 4.98 Å². The topological polar surface area (TPSA) is 103 Å². The number of H-pyrrole nitrogens is 1. The van der Waals surface area contributed by atoms with Crippen LogP contribution in [0.2, 0.25) is 0 Å². The van der Waals surface area contributed by atoms with Crippen molar-refractivity contribution in [2.45, 2.75) is 19.6 Å². The minimum Gasteiger partial charge on any atom is -0.506 e. The fourth-order valence-electron chi connectivity index (χ4n) is 3.57. The van der Waals surface area contributed by atoms with Gasteiger partial charge in [0.2, 0.25) is 0 Å². The maximum Gasteiger partial charge on any atom is 0.345 e. The van der Waals surface area contributed by atoms with E-state index >= 15 is 0 Å². The van der Waals surface area contributed by atoms with E-state index in [1.165, 1.54) is 5.56 Å². The first-order valence-electron chi connectivity index (χ1n) is 7.64. The van der Waals surface area contributed by atoms with Gasteiger partial charge in [-0.25, -0.2) is 4.79 Å². The van der Waals surface area contributed by atoms with Crippen molar-refractivity contribution in [3.8, 4) is 17.0 Å². The standard InChI is InChI=1S/C17H16N2O5.ClH/c1-19-5-4-8-10-6-24-7-11-14(9(10)2-3-12(8)19)18-16(21)13(15(11)20)17(22)23;/h2-3H,4-7H2,1H3,(H,22,23)(H2,18,20,21);1H. The van der Waals surface area contributed by atoms with Gasteiger partial charge >= 0.3 is 5.97 Å². The number of rotatable bonds is 1. The highest BCUT2D eigenvalue weighted by Gasteiger charge is 2.29. The molecule has 3 N–H and O–H groups in total. The van der Waals surface area contributed by atoms with Gasteiger partial charge in [-0.15, -0.1) is 12.4 Å². The molecule has 0 aliphatic carbocycles. The molecule has 0 spiro atoms. The molecule has 2 aliphatic heterocycles. The summed E-state index contributed by atoms with van der Waals surface area (Å²) in [6, 6.07) is 3.87. The Hall–Kier alpha value is -2.51. The van der Waals surface area contributed by atoms with Gasteiger partial charge < -0.3 is 24.8 Å². The van der Waals surface area contributed by atoms with Crippen molar-refractivity contribution in [2.24, 2.45) is 0 Å². The van der Waals surface area contributed by atoms with Crippen LogP contribution in [-0.2, 0) is 24.4 Å². The lowest BCUT2D eigenvalue weighted by Crippen LogP contribution is -2.20. The van der Waals surface area contributed by atoms with Crippen LogP contribution in [0.15, 0.2) is 16.9 Å². The van der Waals surface area contributed by atoms with E-state index < -0.39 is 22.8 Å². The third kappa shape index (κ3) is 2.47. The normalized spacial score (nSPS) is 14.8. The number of nitrogens with one attached hydrogen (secondary N) is 1. The van der Waals surface area contributed by atoms with Crippen LogP contribution in [-0.4, -0.2) is 34.8 Å². The van der Waals surface area contributed by atoms with E-state index in [-0.39, 0.29) is 19.0 Å². The monoisotopic (exact) mass is 364 g/mol. The average Bonchev–Trinajstić information content (AvgIpc) is 2.80. The number of aromatic carboxylic acids is 1. The number of likely N-dealkylation sites (N-methyl/N-ethyl adjacent to an activating group) is 1. The van der Waals surface area contributed by atoms with Gasteiger partial charge in [0.25, 0.3) is 5.56 Å². The number of aromatic nitrogens is 1. The second-order valence-corrected chi connectivity index (χ2v) is 6.09. The van der Waals surface area contributed by atoms with E-state index in [4.69, 9.17) is 9.84 Å². The van der Waals surface area contributed by atoms with E-state index in [0.29, 0.717) is 17.9 Å². The van der Waals surface area contributed by atoms with Crippen molar-refractivity contribution < 1.29 is 19.7 Å². The molecule has 4 rings (SSSR count). The number of halogens is 1. The van der Waals surface area contributed by atoms with Crippen molar-refractivity contribution in [3.05, 3.63) is 44.7 Å². The molecule has 2 aliphatic rings. The fraction of sp³-hybridized carbons (Fsp3) is 0.294. The third-order valence-corrected chi connectivity index (χ3v) is 4.78. The zero-order valence-corrected chi connectivity index (χ0v) is 14.3. The lowest BCUT2D eigenvalue weighted by atomic mass is 9.95. The molecular formula is C17H17ClN2O5. The predicted molar refractivity (Wildman–Crippen MR) is 93.8 cm³/mol. The Balaban J connectivity index is 0.00000182. The SMILES string of the molecule is CN1CCc2c1ccc1c2COCc2c-1[nH]c(=O)c(C(=O)O)c2O.Cl. The summed E-state index contributed by atoms with van der Waals surface area (Å²) >= 11 is 0. The second-order valence-electron chi connectivity index (χ2n) is 6.09. The minimum atomic E-state index is -1.46. The molecule has 0 atom stereocenters. The molecule has 8 heteroatoms. The number of fused-ring (bicyclic) bond motifs is 5. The summed E-state index contributed by atoms with van der Waals surface area (Å²) in [6.45, 7) is 1.31. The van der Waals surface area contributed by atoms with Gasteiger partial charge in [-0.05, 0) is 23.6 Å². The van der Waals surface area contributed by atoms with Gasteiger partial charge in [0.05, 0.1) is 18.9 Å². The Morgan fingerprint density at radius 1 is 1.24 bits per heavy atom. The summed E-state index contributed by atoms with van der Waals surface area (Å²) in [6.07, 6.45) is 0.886. The highest BCUT2D eigenvalue weighted by molar-refractivity contribution is 5.92. The van der Waals surface area contributed by atoms with Crippen molar-refractivity contribution in [1.29, 1.82) is 0 Å². The van der Waals surface area contributed by atoms with E-state index in [1.54, 1.807) is 0 Å². The smallest absolute Gasteiger partial charge is 0.345 e. The number of hydrogen-bond donors (Lipinski definition) is 3. The number of carbonyl (C=O) groups is 1. The molecule has 1 aromatic carbocycles. The Morgan fingerprint density at radius 3 is 2.68 bits per heavy atom. The van der Waals surface area contributed by atoms with E-state index in [2.05, 4.69) is 9.88 Å². The van der Waals surface area contributed by atoms with Crippen LogP contribution in [0.4, 0.5) is 5.69 Å². The molecule has 7 nitrogen and oxygen atoms in total. The van der Waals surface area contributed by atoms with Gasteiger partial charge in [0.15, 0.2) is 5.56 Å². The Labute approximate surface area is 149 Å². The van der Waals surface area contributed by atoms with Crippen molar-refractivity contribution >= 4 is 24.1 Å². The molecule has 3 heterocycles. The molecule has 0 amide bonds. The van der Waals surface area contributed by atoms with Crippen LogP contribution >= 0.6 is 12.4 Å². The highest BCUT2D eigenvalue weighted by Crippen LogP contribution is 2.40. The number of carboxylic acid groups (broad SMARTS) is 1. The predicted octanol–water partition coefficient (Wildman–Crippen LogP) is 1.89. The number of benzene rings is 1. The summed E-state index contributed by atoms with van der Waals surface area (Å²) in [5.41, 5.74) is 3.34. The first-order valence-corrected chi connectivity index (χ1v) is 7.64. The molecule has 0 fully saturated rings.